The normalized spacial score (nSPS) is 10.6. The third-order valence-corrected chi connectivity index (χ3v) is 16.3. The van der Waals surface area contributed by atoms with E-state index in [2.05, 4.69) is 183 Å². The van der Waals surface area contributed by atoms with Crippen LogP contribution >= 0.6 is 11.6 Å². The molecule has 0 saturated heterocycles. The van der Waals surface area contributed by atoms with E-state index in [1.54, 1.807) is 19.1 Å². The summed E-state index contributed by atoms with van der Waals surface area (Å²) in [6, 6.07) is 52.6. The number of rotatable bonds is 9. The number of halogens is 13. The molecule has 106 heavy (non-hydrogen) atoms. The Kier molecular flexibility index (Phi) is 50.3. The van der Waals surface area contributed by atoms with Crippen LogP contribution in [-0.2, 0) is 12.4 Å². The van der Waals surface area contributed by atoms with Crippen LogP contribution in [0.5, 0.6) is 0 Å². The van der Waals surface area contributed by atoms with Gasteiger partial charge >= 0.3 is 12.4 Å². The molecule has 0 aliphatic heterocycles. The standard InChI is InChI=1S/C11H10F6.C10H13Cl.C10H12F2.2C10H13F.2C10H14.C9H10F2.C9H12.4CH4/c1-6(2)7-3-8(10(12,13)14)5-9(4-7)11(15,16)17;1-7(2)9-4-8(3)5-10(11)6-9;1-6(2)8-4-9(11)7(3)10(12)5-8;1-7(2)9-4-8(3)5-10(11)6-9;1-7(2)9-4-5-10(11)8(3)6-9;2*1-8(2)10-6-4-9(3)5-7-10;1-6(2)7-3-8(10)5-9(11)4-7;1-8(2)9-6-4-3-5-7-9;;;;/h3-6H,1-2H3;4-7H,1-3H3;4-6H,1-3H3;2*4-7H,1-3H3;2*4-8H,1-3H3;3-6H,1-2H3;3-8H,1-2H3;4*1H4. The van der Waals surface area contributed by atoms with Gasteiger partial charge in [-0.15, -0.1) is 0 Å². The van der Waals surface area contributed by atoms with Gasteiger partial charge in [0, 0.05) is 16.7 Å². The summed E-state index contributed by atoms with van der Waals surface area (Å²) in [5.41, 5.74) is 12.5. The Morgan fingerprint density at radius 1 is 0.245 bits per heavy atom. The molecule has 0 spiro atoms. The Labute approximate surface area is 638 Å². The van der Waals surface area contributed by atoms with Gasteiger partial charge in [-0.2, -0.15) is 26.3 Å². The van der Waals surface area contributed by atoms with Gasteiger partial charge in [0.1, 0.15) is 34.9 Å². The highest BCUT2D eigenvalue weighted by molar-refractivity contribution is 6.30. The molecular formula is C93H127ClF12. The predicted molar refractivity (Wildman–Crippen MR) is 435 cm³/mol. The first-order valence-corrected chi connectivity index (χ1v) is 35.2. The predicted octanol–water partition coefficient (Wildman–Crippen LogP) is 33.2. The average Bonchev–Trinajstić information content (AvgIpc) is 0.803. The molecule has 0 fully saturated rings. The summed E-state index contributed by atoms with van der Waals surface area (Å²) in [6.07, 6.45) is -9.55. The van der Waals surface area contributed by atoms with Gasteiger partial charge in [0.05, 0.1) is 11.1 Å². The zero-order valence-corrected chi connectivity index (χ0v) is 65.2. The van der Waals surface area contributed by atoms with Crippen LogP contribution in [-0.4, -0.2) is 0 Å². The first kappa shape index (κ1) is 105. The Balaban J connectivity index is -0.000000552. The third-order valence-electron chi connectivity index (χ3n) is 16.1. The Morgan fingerprint density at radius 3 is 0.830 bits per heavy atom. The second-order valence-electron chi connectivity index (χ2n) is 28.4. The van der Waals surface area contributed by atoms with Gasteiger partial charge in [-0.3, -0.25) is 0 Å². The van der Waals surface area contributed by atoms with Crippen LogP contribution < -0.4 is 0 Å². The first-order valence-electron chi connectivity index (χ1n) is 34.8. The van der Waals surface area contributed by atoms with Gasteiger partial charge in [-0.25, -0.2) is 26.3 Å². The van der Waals surface area contributed by atoms with E-state index in [4.69, 9.17) is 11.6 Å². The minimum Gasteiger partial charge on any atom is -0.207 e. The van der Waals surface area contributed by atoms with E-state index in [0.29, 0.717) is 46.6 Å². The molecule has 0 amide bonds. The zero-order valence-electron chi connectivity index (χ0n) is 64.4. The fourth-order valence-electron chi connectivity index (χ4n) is 9.18. The van der Waals surface area contributed by atoms with Crippen LogP contribution in [0.3, 0.4) is 0 Å². The summed E-state index contributed by atoms with van der Waals surface area (Å²) in [4.78, 5) is 0. The van der Waals surface area contributed by atoms with E-state index in [1.807, 2.05) is 71.0 Å². The first-order chi connectivity index (χ1) is 47.1. The molecule has 0 radical (unpaired) electrons. The third kappa shape index (κ3) is 41.5. The lowest BCUT2D eigenvalue weighted by atomic mass is 9.97. The minimum absolute atomic E-state index is 0. The highest BCUT2D eigenvalue weighted by atomic mass is 35.5. The van der Waals surface area contributed by atoms with Crippen molar-refractivity contribution in [2.24, 2.45) is 0 Å². The van der Waals surface area contributed by atoms with Crippen molar-refractivity contribution in [1.29, 1.82) is 0 Å². The fraction of sp³-hybridized carbons (Fsp3) is 0.419. The smallest absolute Gasteiger partial charge is 0.207 e. The largest absolute Gasteiger partial charge is 0.416 e. The molecule has 0 aliphatic carbocycles. The number of alkyl halides is 6. The maximum atomic E-state index is 13.0. The van der Waals surface area contributed by atoms with Crippen LogP contribution in [0, 0.1) is 76.4 Å². The lowest BCUT2D eigenvalue weighted by molar-refractivity contribution is -0.143. The summed E-state index contributed by atoms with van der Waals surface area (Å²) in [5.74, 6) is 1.16. The van der Waals surface area contributed by atoms with Crippen LogP contribution in [0.4, 0.5) is 52.7 Å². The molecule has 590 valence electrons. The van der Waals surface area contributed by atoms with Crippen LogP contribution in [0.15, 0.2) is 182 Å². The number of hydrogen-bond donors (Lipinski definition) is 0. The molecular weight excluding hydrogens is 1380 g/mol. The second-order valence-corrected chi connectivity index (χ2v) is 28.8. The monoisotopic (exact) mass is 1510 g/mol. The molecule has 0 unspecified atom stereocenters. The molecule has 13 heteroatoms. The summed E-state index contributed by atoms with van der Waals surface area (Å²) in [6.45, 7) is 48.1. The van der Waals surface area contributed by atoms with Gasteiger partial charge in [-0.05, 0) is 234 Å². The molecule has 0 aliphatic rings. The molecule has 0 bridgehead atoms. The van der Waals surface area contributed by atoms with Crippen molar-refractivity contribution in [2.75, 3.05) is 0 Å². The van der Waals surface area contributed by atoms with Gasteiger partial charge in [-0.1, -0.05) is 280 Å². The zero-order chi connectivity index (χ0) is 78.3. The molecule has 0 aromatic heterocycles. The van der Waals surface area contributed by atoms with E-state index < -0.39 is 52.7 Å². The Bertz CT molecular complexity index is 3560. The SMILES string of the molecule is C.C.C.C.CC(C)c1cc(C(F)(F)F)cc(C(F)(F)F)c1.CC(C)c1cc(F)cc(F)c1.CC(C)c1ccccc1.Cc1c(F)cc(C(C)C)cc1F.Cc1cc(C(C)C)ccc1F.Cc1cc(Cl)cc(C(C)C)c1.Cc1cc(F)cc(C(C)C)c1.Cc1ccc(C(C)C)cc1.Cc1ccc(C(C)C)cc1. The summed E-state index contributed by atoms with van der Waals surface area (Å²) < 4.78 is 151. The second kappa shape index (κ2) is 50.9. The molecule has 0 N–H and O–H groups in total. The van der Waals surface area contributed by atoms with E-state index in [1.165, 1.54) is 95.6 Å². The van der Waals surface area contributed by atoms with Crippen LogP contribution in [0.2, 0.25) is 5.02 Å². The van der Waals surface area contributed by atoms with E-state index in [-0.39, 0.29) is 70.4 Å². The Morgan fingerprint density at radius 2 is 0.528 bits per heavy atom. The number of benzene rings is 9. The summed E-state index contributed by atoms with van der Waals surface area (Å²) in [5, 5.41) is 0.841. The van der Waals surface area contributed by atoms with Crippen molar-refractivity contribution >= 4 is 11.6 Å². The van der Waals surface area contributed by atoms with Crippen molar-refractivity contribution in [3.8, 4) is 0 Å². The Hall–Kier alpha value is -7.57. The number of hydrogen-bond acceptors (Lipinski definition) is 0. The van der Waals surface area contributed by atoms with Crippen molar-refractivity contribution in [3.05, 3.63) is 316 Å². The van der Waals surface area contributed by atoms with Crippen molar-refractivity contribution in [3.63, 3.8) is 0 Å². The highest BCUT2D eigenvalue weighted by Crippen LogP contribution is 2.38. The van der Waals surface area contributed by atoms with Gasteiger partial charge in [0.25, 0.3) is 0 Å². The molecule has 9 aromatic rings. The maximum Gasteiger partial charge on any atom is 0.416 e. The molecule has 0 atom stereocenters. The van der Waals surface area contributed by atoms with E-state index >= 15 is 0 Å². The minimum atomic E-state index is -4.77. The van der Waals surface area contributed by atoms with Gasteiger partial charge in [0.2, 0.25) is 0 Å². The average molecular weight is 1510 g/mol. The number of aryl methyl sites for hydroxylation is 5. The lowest BCUT2D eigenvalue weighted by Gasteiger charge is -2.15. The molecule has 9 rings (SSSR count). The van der Waals surface area contributed by atoms with Crippen LogP contribution in [0.1, 0.15) is 302 Å². The van der Waals surface area contributed by atoms with E-state index in [0.717, 1.165) is 39.9 Å². The summed E-state index contributed by atoms with van der Waals surface area (Å²) >= 11 is 5.89. The topological polar surface area (TPSA) is 0 Å². The van der Waals surface area contributed by atoms with Crippen molar-refractivity contribution in [1.82, 2.24) is 0 Å². The van der Waals surface area contributed by atoms with Crippen molar-refractivity contribution < 1.29 is 52.7 Å². The molecule has 9 aromatic carbocycles. The van der Waals surface area contributed by atoms with E-state index in [9.17, 15) is 52.7 Å². The highest BCUT2D eigenvalue weighted by Gasteiger charge is 2.37. The quantitative estimate of drug-likeness (QED) is 0.126. The van der Waals surface area contributed by atoms with Crippen LogP contribution in [0.25, 0.3) is 0 Å². The molecule has 0 nitrogen and oxygen atoms in total. The summed E-state index contributed by atoms with van der Waals surface area (Å²) in [7, 11) is 0. The van der Waals surface area contributed by atoms with Gasteiger partial charge in [0.15, 0.2) is 0 Å². The van der Waals surface area contributed by atoms with Crippen molar-refractivity contribution in [2.45, 2.75) is 261 Å². The fourth-order valence-corrected chi connectivity index (χ4v) is 9.48. The lowest BCUT2D eigenvalue weighted by Crippen LogP contribution is -2.12. The van der Waals surface area contributed by atoms with Gasteiger partial charge < -0.3 is 0 Å². The molecule has 0 heterocycles. The maximum absolute atomic E-state index is 13.0. The molecule has 0 saturated carbocycles.